The predicted molar refractivity (Wildman–Crippen MR) is 43.8 cm³/mol. The summed E-state index contributed by atoms with van der Waals surface area (Å²) in [7, 11) is 0. The SMILES string of the molecule is CC1CCCC12OC(=O)N=C2N. The smallest absolute Gasteiger partial charge is 0.433 e. The number of aliphatic imine (C=N–C) groups is 1. The first-order chi connectivity index (χ1) is 5.65. The minimum absolute atomic E-state index is 0.313. The van der Waals surface area contributed by atoms with E-state index in [1.54, 1.807) is 0 Å². The molecule has 0 saturated heterocycles. The van der Waals surface area contributed by atoms with Crippen LogP contribution in [0.3, 0.4) is 0 Å². The summed E-state index contributed by atoms with van der Waals surface area (Å²) in [6.45, 7) is 2.05. The third kappa shape index (κ3) is 0.777. The topological polar surface area (TPSA) is 64.7 Å². The molecule has 4 heteroatoms. The van der Waals surface area contributed by atoms with Gasteiger partial charge in [0.25, 0.3) is 0 Å². The van der Waals surface area contributed by atoms with Gasteiger partial charge < -0.3 is 10.5 Å². The molecule has 2 N–H and O–H groups in total. The predicted octanol–water partition coefficient (Wildman–Crippen LogP) is 1.05. The second-order valence-electron chi connectivity index (χ2n) is 3.55. The van der Waals surface area contributed by atoms with E-state index < -0.39 is 11.7 Å². The first kappa shape index (κ1) is 7.58. The Kier molecular flexibility index (Phi) is 1.40. The van der Waals surface area contributed by atoms with Crippen molar-refractivity contribution in [3.63, 3.8) is 0 Å². The third-order valence-corrected chi connectivity index (χ3v) is 2.90. The van der Waals surface area contributed by atoms with Gasteiger partial charge in [-0.25, -0.2) is 4.79 Å². The van der Waals surface area contributed by atoms with Gasteiger partial charge in [-0.15, -0.1) is 0 Å². The molecule has 2 atom stereocenters. The fourth-order valence-corrected chi connectivity index (χ4v) is 2.11. The molecule has 1 saturated carbocycles. The van der Waals surface area contributed by atoms with Gasteiger partial charge in [0, 0.05) is 5.92 Å². The van der Waals surface area contributed by atoms with Gasteiger partial charge in [0.15, 0.2) is 11.4 Å². The summed E-state index contributed by atoms with van der Waals surface area (Å²) in [5.74, 6) is 0.685. The van der Waals surface area contributed by atoms with Crippen LogP contribution in [-0.2, 0) is 4.74 Å². The van der Waals surface area contributed by atoms with Crippen LogP contribution in [0, 0.1) is 5.92 Å². The molecule has 66 valence electrons. The Labute approximate surface area is 70.8 Å². The maximum absolute atomic E-state index is 10.9. The van der Waals surface area contributed by atoms with E-state index in [0.29, 0.717) is 11.8 Å². The fraction of sp³-hybridized carbons (Fsp3) is 0.750. The summed E-state index contributed by atoms with van der Waals surface area (Å²) in [6, 6.07) is 0. The summed E-state index contributed by atoms with van der Waals surface area (Å²) in [4.78, 5) is 14.5. The molecule has 1 spiro atoms. The van der Waals surface area contributed by atoms with Gasteiger partial charge in [-0.1, -0.05) is 6.92 Å². The van der Waals surface area contributed by atoms with E-state index in [-0.39, 0.29) is 0 Å². The Morgan fingerprint density at radius 3 is 2.92 bits per heavy atom. The first-order valence-corrected chi connectivity index (χ1v) is 4.23. The number of hydrogen-bond acceptors (Lipinski definition) is 3. The number of amidine groups is 1. The average Bonchev–Trinajstić information content (AvgIpc) is 2.44. The van der Waals surface area contributed by atoms with Crippen LogP contribution in [0.25, 0.3) is 0 Å². The molecule has 1 aliphatic carbocycles. The summed E-state index contributed by atoms with van der Waals surface area (Å²) in [5, 5.41) is 0. The fourth-order valence-electron chi connectivity index (χ4n) is 2.11. The van der Waals surface area contributed by atoms with Crippen molar-refractivity contribution in [2.24, 2.45) is 16.6 Å². The number of carbonyl (C=O) groups excluding carboxylic acids is 1. The highest BCUT2D eigenvalue weighted by Crippen LogP contribution is 2.41. The molecular formula is C8H12N2O2. The van der Waals surface area contributed by atoms with Crippen LogP contribution in [0.2, 0.25) is 0 Å². The van der Waals surface area contributed by atoms with E-state index in [2.05, 4.69) is 4.99 Å². The largest absolute Gasteiger partial charge is 0.436 e. The van der Waals surface area contributed by atoms with Gasteiger partial charge in [-0.2, -0.15) is 4.99 Å². The molecule has 0 bridgehead atoms. The van der Waals surface area contributed by atoms with Crippen molar-refractivity contribution in [1.82, 2.24) is 0 Å². The maximum Gasteiger partial charge on any atom is 0.436 e. The molecule has 1 aliphatic heterocycles. The van der Waals surface area contributed by atoms with Crippen LogP contribution in [-0.4, -0.2) is 17.5 Å². The van der Waals surface area contributed by atoms with Crippen LogP contribution >= 0.6 is 0 Å². The van der Waals surface area contributed by atoms with Crippen molar-refractivity contribution in [2.75, 3.05) is 0 Å². The lowest BCUT2D eigenvalue weighted by atomic mass is 9.91. The van der Waals surface area contributed by atoms with E-state index in [4.69, 9.17) is 10.5 Å². The quantitative estimate of drug-likeness (QED) is 0.588. The van der Waals surface area contributed by atoms with Crippen LogP contribution in [0.15, 0.2) is 4.99 Å². The summed E-state index contributed by atoms with van der Waals surface area (Å²) in [5.41, 5.74) is 5.12. The number of ether oxygens (including phenoxy) is 1. The molecule has 0 aromatic rings. The molecule has 2 aliphatic rings. The molecule has 2 rings (SSSR count). The van der Waals surface area contributed by atoms with Gasteiger partial charge in [0.2, 0.25) is 0 Å². The maximum atomic E-state index is 10.9. The van der Waals surface area contributed by atoms with Gasteiger partial charge in [-0.05, 0) is 19.3 Å². The normalized spacial score (nSPS) is 40.2. The number of rotatable bonds is 0. The minimum atomic E-state index is -0.545. The number of carbonyl (C=O) groups is 1. The van der Waals surface area contributed by atoms with E-state index in [0.717, 1.165) is 19.3 Å². The van der Waals surface area contributed by atoms with Gasteiger partial charge in [0.05, 0.1) is 0 Å². The average molecular weight is 168 g/mol. The molecule has 12 heavy (non-hydrogen) atoms. The van der Waals surface area contributed by atoms with E-state index in [1.807, 2.05) is 6.92 Å². The Bertz CT molecular complexity index is 262. The number of amides is 1. The molecule has 0 radical (unpaired) electrons. The molecule has 0 aromatic carbocycles. The summed E-state index contributed by atoms with van der Waals surface area (Å²) < 4.78 is 5.17. The highest BCUT2D eigenvalue weighted by atomic mass is 16.6. The lowest BCUT2D eigenvalue weighted by Crippen LogP contribution is -2.44. The molecular weight excluding hydrogens is 156 g/mol. The molecule has 0 aromatic heterocycles. The summed E-state index contributed by atoms with van der Waals surface area (Å²) >= 11 is 0. The Morgan fingerprint density at radius 1 is 1.75 bits per heavy atom. The van der Waals surface area contributed by atoms with Crippen molar-refractivity contribution in [1.29, 1.82) is 0 Å². The number of nitrogens with two attached hydrogens (primary N) is 1. The summed E-state index contributed by atoms with van der Waals surface area (Å²) in [6.07, 6.45) is 2.42. The van der Waals surface area contributed by atoms with Gasteiger partial charge >= 0.3 is 6.09 Å². The second kappa shape index (κ2) is 2.21. The highest BCUT2D eigenvalue weighted by molar-refractivity contribution is 6.02. The van der Waals surface area contributed by atoms with Crippen molar-refractivity contribution < 1.29 is 9.53 Å². The van der Waals surface area contributed by atoms with Crippen LogP contribution in [0.1, 0.15) is 26.2 Å². The Balaban J connectivity index is 2.33. The molecule has 1 heterocycles. The van der Waals surface area contributed by atoms with E-state index in [1.165, 1.54) is 0 Å². The number of hydrogen-bond donors (Lipinski definition) is 1. The van der Waals surface area contributed by atoms with Gasteiger partial charge in [-0.3, -0.25) is 0 Å². The number of nitrogens with zero attached hydrogens (tertiary/aromatic N) is 1. The molecule has 1 amide bonds. The van der Waals surface area contributed by atoms with E-state index in [9.17, 15) is 4.79 Å². The van der Waals surface area contributed by atoms with Crippen molar-refractivity contribution in [2.45, 2.75) is 31.8 Å². The lowest BCUT2D eigenvalue weighted by Gasteiger charge is -2.26. The first-order valence-electron chi connectivity index (χ1n) is 4.23. The zero-order valence-corrected chi connectivity index (χ0v) is 7.04. The van der Waals surface area contributed by atoms with Gasteiger partial charge in [0.1, 0.15) is 0 Å². The van der Waals surface area contributed by atoms with Crippen molar-refractivity contribution in [3.8, 4) is 0 Å². The van der Waals surface area contributed by atoms with Crippen molar-refractivity contribution >= 4 is 11.9 Å². The molecule has 2 unspecified atom stereocenters. The standard InChI is InChI=1S/C8H12N2O2/c1-5-3-2-4-8(5)6(9)10-7(11)12-8/h5H,2-4H2,1H3,(H2,9,10,11). The molecule has 4 nitrogen and oxygen atoms in total. The molecule has 1 fully saturated rings. The van der Waals surface area contributed by atoms with Crippen LogP contribution < -0.4 is 5.73 Å². The van der Waals surface area contributed by atoms with Crippen LogP contribution in [0.4, 0.5) is 4.79 Å². The monoisotopic (exact) mass is 168 g/mol. The third-order valence-electron chi connectivity index (χ3n) is 2.90. The Morgan fingerprint density at radius 2 is 2.50 bits per heavy atom. The lowest BCUT2D eigenvalue weighted by molar-refractivity contribution is 0.0585. The highest BCUT2D eigenvalue weighted by Gasteiger charge is 2.51. The Hall–Kier alpha value is -1.06. The zero-order valence-electron chi connectivity index (χ0n) is 7.04. The van der Waals surface area contributed by atoms with E-state index >= 15 is 0 Å². The zero-order chi connectivity index (χ0) is 8.77. The minimum Gasteiger partial charge on any atom is -0.433 e. The van der Waals surface area contributed by atoms with Crippen LogP contribution in [0.5, 0.6) is 0 Å². The van der Waals surface area contributed by atoms with Crippen molar-refractivity contribution in [3.05, 3.63) is 0 Å². The second-order valence-corrected chi connectivity index (χ2v) is 3.55.